The van der Waals surface area contributed by atoms with Gasteiger partial charge in [0.2, 0.25) is 5.91 Å². The molecule has 0 aliphatic heterocycles. The number of carbonyl (C=O) groups is 1. The second-order valence-electron chi connectivity index (χ2n) is 3.07. The van der Waals surface area contributed by atoms with E-state index in [1.54, 1.807) is 26.4 Å². The average molecular weight is 274 g/mol. The Morgan fingerprint density at radius 1 is 1.60 bits per heavy atom. The van der Waals surface area contributed by atoms with E-state index in [9.17, 15) is 9.59 Å². The van der Waals surface area contributed by atoms with E-state index in [2.05, 4.69) is 26.6 Å². The molecule has 0 saturated heterocycles. The number of hydrogen-bond acceptors (Lipinski definition) is 3. The molecule has 2 N–H and O–H groups in total. The van der Waals surface area contributed by atoms with Crippen LogP contribution in [0.2, 0.25) is 0 Å². The fourth-order valence-electron chi connectivity index (χ4n) is 1.12. The number of carbonyl (C=O) groups excluding carboxylic acids is 1. The Balaban J connectivity index is 2.95. The van der Waals surface area contributed by atoms with Gasteiger partial charge >= 0.3 is 0 Å². The highest BCUT2D eigenvalue weighted by Gasteiger charge is 2.06. The van der Waals surface area contributed by atoms with Crippen molar-refractivity contribution in [3.8, 4) is 0 Å². The lowest BCUT2D eigenvalue weighted by Gasteiger charge is -2.06. The molecule has 0 atom stereocenters. The van der Waals surface area contributed by atoms with Crippen LogP contribution in [0, 0.1) is 0 Å². The van der Waals surface area contributed by atoms with Gasteiger partial charge < -0.3 is 15.2 Å². The Hall–Kier alpha value is -1.14. The molecule has 0 radical (unpaired) electrons. The predicted molar refractivity (Wildman–Crippen MR) is 61.9 cm³/mol. The Morgan fingerprint density at radius 2 is 2.27 bits per heavy atom. The molecular formula is C9H12BrN3O2. The number of anilines is 1. The predicted octanol–water partition coefficient (Wildman–Crippen LogP) is 0.306. The topological polar surface area (TPSA) is 63.1 Å². The fraction of sp³-hybridized carbons (Fsp3) is 0.333. The van der Waals surface area contributed by atoms with Crippen LogP contribution >= 0.6 is 15.9 Å². The molecule has 82 valence electrons. The van der Waals surface area contributed by atoms with E-state index in [1.165, 1.54) is 4.57 Å². The maximum absolute atomic E-state index is 11.6. The number of pyridine rings is 1. The third kappa shape index (κ3) is 3.17. The van der Waals surface area contributed by atoms with Gasteiger partial charge in [-0.3, -0.25) is 9.59 Å². The third-order valence-electron chi connectivity index (χ3n) is 1.76. The minimum atomic E-state index is -0.243. The van der Waals surface area contributed by atoms with Gasteiger partial charge in [0.1, 0.15) is 5.69 Å². The van der Waals surface area contributed by atoms with Gasteiger partial charge in [0, 0.05) is 17.7 Å². The monoisotopic (exact) mass is 273 g/mol. The molecule has 1 rings (SSSR count). The third-order valence-corrected chi connectivity index (χ3v) is 2.20. The van der Waals surface area contributed by atoms with Crippen LogP contribution in [-0.2, 0) is 11.8 Å². The van der Waals surface area contributed by atoms with Crippen LogP contribution in [0.15, 0.2) is 21.5 Å². The Kier molecular flexibility index (Phi) is 4.05. The van der Waals surface area contributed by atoms with Crippen LogP contribution in [0.5, 0.6) is 0 Å². The van der Waals surface area contributed by atoms with E-state index in [0.717, 1.165) is 4.47 Å². The lowest BCUT2D eigenvalue weighted by molar-refractivity contribution is -0.115. The molecule has 1 amide bonds. The first-order valence-corrected chi connectivity index (χ1v) is 5.14. The summed E-state index contributed by atoms with van der Waals surface area (Å²) < 4.78 is 2.14. The van der Waals surface area contributed by atoms with Crippen molar-refractivity contribution in [2.24, 2.45) is 7.05 Å². The van der Waals surface area contributed by atoms with Crippen molar-refractivity contribution in [1.82, 2.24) is 9.88 Å². The van der Waals surface area contributed by atoms with Crippen LogP contribution in [0.25, 0.3) is 0 Å². The Labute approximate surface area is 95.6 Å². The molecule has 1 heterocycles. The quantitative estimate of drug-likeness (QED) is 0.833. The first kappa shape index (κ1) is 11.9. The lowest BCUT2D eigenvalue weighted by atomic mass is 10.4. The standard InChI is InChI=1S/C9H12BrN3O2/c1-11-4-8(14)12-7-3-6(10)5-13(2)9(7)15/h3,5,11H,4H2,1-2H3,(H,12,14). The van der Waals surface area contributed by atoms with E-state index in [0.29, 0.717) is 0 Å². The van der Waals surface area contributed by atoms with Crippen LogP contribution in [0.1, 0.15) is 0 Å². The van der Waals surface area contributed by atoms with Crippen LogP contribution < -0.4 is 16.2 Å². The largest absolute Gasteiger partial charge is 0.320 e. The number of hydrogen-bond donors (Lipinski definition) is 2. The van der Waals surface area contributed by atoms with Gasteiger partial charge in [-0.15, -0.1) is 0 Å². The van der Waals surface area contributed by atoms with Crippen molar-refractivity contribution in [1.29, 1.82) is 0 Å². The molecule has 6 heteroatoms. The highest BCUT2D eigenvalue weighted by atomic mass is 79.9. The van der Waals surface area contributed by atoms with Gasteiger partial charge in [-0.1, -0.05) is 0 Å². The van der Waals surface area contributed by atoms with Crippen molar-refractivity contribution in [3.63, 3.8) is 0 Å². The summed E-state index contributed by atoms with van der Waals surface area (Å²) in [5.41, 5.74) is 0.0368. The van der Waals surface area contributed by atoms with Crippen LogP contribution in [-0.4, -0.2) is 24.1 Å². The van der Waals surface area contributed by atoms with E-state index >= 15 is 0 Å². The number of amides is 1. The first-order valence-electron chi connectivity index (χ1n) is 4.35. The molecule has 0 aliphatic carbocycles. The van der Waals surface area contributed by atoms with Gasteiger partial charge in [0.25, 0.3) is 5.56 Å². The van der Waals surface area contributed by atoms with E-state index in [4.69, 9.17) is 0 Å². The summed E-state index contributed by atoms with van der Waals surface area (Å²) in [5, 5.41) is 5.23. The number of nitrogens with one attached hydrogen (secondary N) is 2. The van der Waals surface area contributed by atoms with Crippen molar-refractivity contribution in [3.05, 3.63) is 27.1 Å². The van der Waals surface area contributed by atoms with Crippen molar-refractivity contribution < 1.29 is 4.79 Å². The van der Waals surface area contributed by atoms with E-state index < -0.39 is 0 Å². The highest BCUT2D eigenvalue weighted by molar-refractivity contribution is 9.10. The molecule has 0 bridgehead atoms. The maximum atomic E-state index is 11.6. The zero-order valence-corrected chi connectivity index (χ0v) is 10.1. The van der Waals surface area contributed by atoms with Gasteiger partial charge in [-0.2, -0.15) is 0 Å². The second kappa shape index (κ2) is 5.09. The Bertz CT molecular complexity index is 428. The summed E-state index contributed by atoms with van der Waals surface area (Å²) in [4.78, 5) is 22.8. The summed E-state index contributed by atoms with van der Waals surface area (Å²) in [6.07, 6.45) is 1.63. The molecule has 0 saturated carbocycles. The van der Waals surface area contributed by atoms with Crippen LogP contribution in [0.3, 0.4) is 0 Å². The van der Waals surface area contributed by atoms with Gasteiger partial charge in [-0.05, 0) is 29.0 Å². The molecular weight excluding hydrogens is 262 g/mol. The summed E-state index contributed by atoms with van der Waals surface area (Å²) in [6, 6.07) is 1.58. The molecule has 0 spiro atoms. The van der Waals surface area contributed by atoms with E-state index in [1.807, 2.05) is 0 Å². The fourth-order valence-corrected chi connectivity index (χ4v) is 1.65. The smallest absolute Gasteiger partial charge is 0.274 e. The summed E-state index contributed by atoms with van der Waals surface area (Å²) in [7, 11) is 3.29. The average Bonchev–Trinajstić information content (AvgIpc) is 2.13. The minimum absolute atomic E-state index is 0.176. The molecule has 1 aromatic rings. The number of aryl methyl sites for hydroxylation is 1. The molecule has 0 fully saturated rings. The Morgan fingerprint density at radius 3 is 2.87 bits per heavy atom. The molecule has 5 nitrogen and oxygen atoms in total. The van der Waals surface area contributed by atoms with Gasteiger partial charge in [0.15, 0.2) is 0 Å². The molecule has 1 aromatic heterocycles. The summed E-state index contributed by atoms with van der Waals surface area (Å²) in [5.74, 6) is -0.243. The van der Waals surface area contributed by atoms with Crippen LogP contribution in [0.4, 0.5) is 5.69 Å². The molecule has 15 heavy (non-hydrogen) atoms. The number of likely N-dealkylation sites (N-methyl/N-ethyl adjacent to an activating group) is 1. The lowest BCUT2D eigenvalue weighted by Crippen LogP contribution is -2.29. The number of aromatic nitrogens is 1. The van der Waals surface area contributed by atoms with Gasteiger partial charge in [0.05, 0.1) is 6.54 Å². The summed E-state index contributed by atoms with van der Waals surface area (Å²) in [6.45, 7) is 0.176. The first-order chi connectivity index (χ1) is 7.04. The zero-order valence-electron chi connectivity index (χ0n) is 8.50. The SMILES string of the molecule is CNCC(=O)Nc1cc(Br)cn(C)c1=O. The van der Waals surface area contributed by atoms with Crippen molar-refractivity contribution in [2.75, 3.05) is 18.9 Å². The maximum Gasteiger partial charge on any atom is 0.274 e. The second-order valence-corrected chi connectivity index (χ2v) is 3.98. The summed E-state index contributed by atoms with van der Waals surface area (Å²) >= 11 is 3.25. The van der Waals surface area contributed by atoms with E-state index in [-0.39, 0.29) is 23.7 Å². The van der Waals surface area contributed by atoms with Crippen molar-refractivity contribution in [2.45, 2.75) is 0 Å². The van der Waals surface area contributed by atoms with Gasteiger partial charge in [-0.25, -0.2) is 0 Å². The normalized spacial score (nSPS) is 10.1. The number of halogens is 1. The molecule has 0 aromatic carbocycles. The number of nitrogens with zero attached hydrogens (tertiary/aromatic N) is 1. The zero-order chi connectivity index (χ0) is 11.4. The minimum Gasteiger partial charge on any atom is -0.320 e. The molecule has 0 aliphatic rings. The molecule has 0 unspecified atom stereocenters. The highest BCUT2D eigenvalue weighted by Crippen LogP contribution is 2.11. The number of rotatable bonds is 3. The van der Waals surface area contributed by atoms with Crippen molar-refractivity contribution >= 4 is 27.5 Å².